The molecule has 1 atom stereocenters. The molecule has 1 saturated heterocycles. The minimum atomic E-state index is -0.0735. The van der Waals surface area contributed by atoms with Crippen molar-refractivity contribution in [3.8, 4) is 0 Å². The molecule has 0 N–H and O–H groups in total. The van der Waals surface area contributed by atoms with Gasteiger partial charge in [0.05, 0.1) is 0 Å². The van der Waals surface area contributed by atoms with Crippen LogP contribution >= 0.6 is 23.1 Å². The van der Waals surface area contributed by atoms with Crippen molar-refractivity contribution in [2.45, 2.75) is 37.9 Å². The number of aryl methyl sites for hydroxylation is 1. The van der Waals surface area contributed by atoms with Gasteiger partial charge < -0.3 is 4.90 Å². The molecule has 1 unspecified atom stereocenters. The summed E-state index contributed by atoms with van der Waals surface area (Å²) >= 11 is 3.45. The van der Waals surface area contributed by atoms with E-state index in [0.29, 0.717) is 10.2 Å². The maximum atomic E-state index is 12.1. The lowest BCUT2D eigenvalue weighted by molar-refractivity contribution is 0.736. The molecule has 0 saturated carbocycles. The summed E-state index contributed by atoms with van der Waals surface area (Å²) in [5, 5.41) is 6.07. The van der Waals surface area contributed by atoms with Crippen LogP contribution in [0.25, 0.3) is 4.96 Å². The lowest BCUT2D eigenvalue weighted by Crippen LogP contribution is -2.29. The molecule has 0 radical (unpaired) electrons. The maximum absolute atomic E-state index is 12.1. The van der Waals surface area contributed by atoms with Crippen molar-refractivity contribution in [3.63, 3.8) is 0 Å². The molecule has 0 amide bonds. The van der Waals surface area contributed by atoms with Crippen molar-refractivity contribution in [1.29, 1.82) is 0 Å². The molecule has 7 heteroatoms. The third-order valence-electron chi connectivity index (χ3n) is 3.88. The first kappa shape index (κ1) is 14.8. The van der Waals surface area contributed by atoms with Gasteiger partial charge in [0.15, 0.2) is 0 Å². The fourth-order valence-corrected chi connectivity index (χ4v) is 4.32. The Morgan fingerprint density at radius 1 is 1.48 bits per heavy atom. The highest BCUT2D eigenvalue weighted by molar-refractivity contribution is 7.99. The van der Waals surface area contributed by atoms with Gasteiger partial charge >= 0.3 is 0 Å². The number of aromatic nitrogens is 3. The topological polar surface area (TPSA) is 50.5 Å². The molecule has 2 aromatic heterocycles. The SMILES string of the molecule is CCc1cc(=O)n2nc(N3CCCCC(SC)C3)sc2n1. The molecule has 1 aliphatic rings. The molecular weight excluding hydrogens is 304 g/mol. The van der Waals surface area contributed by atoms with Crippen LogP contribution in [-0.4, -0.2) is 39.2 Å². The van der Waals surface area contributed by atoms with E-state index in [9.17, 15) is 4.79 Å². The van der Waals surface area contributed by atoms with E-state index in [1.807, 2.05) is 18.7 Å². The Bertz CT molecular complexity index is 681. The van der Waals surface area contributed by atoms with Crippen molar-refractivity contribution < 1.29 is 0 Å². The zero-order chi connectivity index (χ0) is 14.8. The molecule has 1 aliphatic heterocycles. The van der Waals surface area contributed by atoms with Gasteiger partial charge in [-0.15, -0.1) is 5.10 Å². The van der Waals surface area contributed by atoms with Crippen molar-refractivity contribution in [2.24, 2.45) is 0 Å². The molecule has 1 fully saturated rings. The molecular formula is C14H20N4OS2. The summed E-state index contributed by atoms with van der Waals surface area (Å²) in [7, 11) is 0. The van der Waals surface area contributed by atoms with E-state index in [0.717, 1.165) is 30.3 Å². The zero-order valence-corrected chi connectivity index (χ0v) is 14.0. The van der Waals surface area contributed by atoms with Gasteiger partial charge in [0.25, 0.3) is 5.56 Å². The molecule has 21 heavy (non-hydrogen) atoms. The van der Waals surface area contributed by atoms with E-state index < -0.39 is 0 Å². The number of nitrogens with zero attached hydrogens (tertiary/aromatic N) is 4. The van der Waals surface area contributed by atoms with Crippen molar-refractivity contribution in [2.75, 3.05) is 24.2 Å². The smallest absolute Gasteiger partial charge is 0.275 e. The van der Waals surface area contributed by atoms with Crippen LogP contribution in [0.2, 0.25) is 0 Å². The van der Waals surface area contributed by atoms with Crippen LogP contribution in [0.4, 0.5) is 5.13 Å². The van der Waals surface area contributed by atoms with Crippen LogP contribution in [0.3, 0.4) is 0 Å². The summed E-state index contributed by atoms with van der Waals surface area (Å²) in [6.45, 7) is 4.04. The third-order valence-corrected chi connectivity index (χ3v) is 5.90. The van der Waals surface area contributed by atoms with Crippen LogP contribution in [-0.2, 0) is 6.42 Å². The van der Waals surface area contributed by atoms with E-state index in [4.69, 9.17) is 0 Å². The number of anilines is 1. The second-order valence-electron chi connectivity index (χ2n) is 5.32. The van der Waals surface area contributed by atoms with E-state index in [2.05, 4.69) is 21.2 Å². The first-order chi connectivity index (χ1) is 10.2. The molecule has 114 valence electrons. The quantitative estimate of drug-likeness (QED) is 0.868. The molecule has 3 heterocycles. The fourth-order valence-electron chi connectivity index (χ4n) is 2.62. The van der Waals surface area contributed by atoms with Crippen LogP contribution < -0.4 is 10.5 Å². The first-order valence-electron chi connectivity index (χ1n) is 7.38. The van der Waals surface area contributed by atoms with Gasteiger partial charge in [-0.2, -0.15) is 16.3 Å². The Hall–Kier alpha value is -1.08. The van der Waals surface area contributed by atoms with E-state index in [-0.39, 0.29) is 5.56 Å². The normalized spacial score (nSPS) is 19.9. The summed E-state index contributed by atoms with van der Waals surface area (Å²) in [4.78, 5) is 19.6. The Balaban J connectivity index is 1.96. The molecule has 0 spiro atoms. The Morgan fingerprint density at radius 2 is 2.33 bits per heavy atom. The monoisotopic (exact) mass is 324 g/mol. The average Bonchev–Trinajstić information content (AvgIpc) is 2.78. The Morgan fingerprint density at radius 3 is 3.10 bits per heavy atom. The van der Waals surface area contributed by atoms with Gasteiger partial charge in [-0.05, 0) is 25.5 Å². The summed E-state index contributed by atoms with van der Waals surface area (Å²) in [5.41, 5.74) is 0.767. The number of hydrogen-bond donors (Lipinski definition) is 0. The summed E-state index contributed by atoms with van der Waals surface area (Å²) < 4.78 is 1.44. The highest BCUT2D eigenvalue weighted by atomic mass is 32.2. The third kappa shape index (κ3) is 3.08. The van der Waals surface area contributed by atoms with Gasteiger partial charge in [0, 0.05) is 30.1 Å². The summed E-state index contributed by atoms with van der Waals surface area (Å²) in [6, 6.07) is 1.59. The minimum absolute atomic E-state index is 0.0735. The van der Waals surface area contributed by atoms with Crippen LogP contribution in [0, 0.1) is 0 Å². The molecule has 0 aliphatic carbocycles. The average molecular weight is 324 g/mol. The highest BCUT2D eigenvalue weighted by Crippen LogP contribution is 2.27. The van der Waals surface area contributed by atoms with Crippen molar-refractivity contribution >= 4 is 33.2 Å². The van der Waals surface area contributed by atoms with Crippen LogP contribution in [0.1, 0.15) is 31.9 Å². The Kier molecular flexibility index (Phi) is 4.49. The zero-order valence-electron chi connectivity index (χ0n) is 12.4. The van der Waals surface area contributed by atoms with Crippen molar-refractivity contribution in [1.82, 2.24) is 14.6 Å². The highest BCUT2D eigenvalue weighted by Gasteiger charge is 2.21. The number of thioether (sulfide) groups is 1. The van der Waals surface area contributed by atoms with E-state index in [1.54, 1.807) is 6.07 Å². The molecule has 3 rings (SSSR count). The largest absolute Gasteiger partial charge is 0.346 e. The number of fused-ring (bicyclic) bond motifs is 1. The molecule has 5 nitrogen and oxygen atoms in total. The summed E-state index contributed by atoms with van der Waals surface area (Å²) in [5.74, 6) is 0. The molecule has 0 aromatic carbocycles. The molecule has 0 bridgehead atoms. The number of hydrogen-bond acceptors (Lipinski definition) is 6. The predicted molar refractivity (Wildman–Crippen MR) is 89.9 cm³/mol. The van der Waals surface area contributed by atoms with Crippen LogP contribution in [0.5, 0.6) is 0 Å². The van der Waals surface area contributed by atoms with Gasteiger partial charge in [0.1, 0.15) is 0 Å². The van der Waals surface area contributed by atoms with Gasteiger partial charge in [-0.25, -0.2) is 4.98 Å². The standard InChI is InChI=1S/C14H20N4OS2/c1-3-10-8-12(19)18-13(15-10)21-14(16-18)17-7-5-4-6-11(9-17)20-2/h8,11H,3-7,9H2,1-2H3. The van der Waals surface area contributed by atoms with Crippen molar-refractivity contribution in [3.05, 3.63) is 22.1 Å². The predicted octanol–water partition coefficient (Wildman–Crippen LogP) is 2.44. The van der Waals surface area contributed by atoms with Gasteiger partial charge in [-0.1, -0.05) is 24.7 Å². The van der Waals surface area contributed by atoms with Gasteiger partial charge in [0.2, 0.25) is 10.1 Å². The lowest BCUT2D eigenvalue weighted by atomic mass is 10.2. The molecule has 2 aromatic rings. The maximum Gasteiger partial charge on any atom is 0.275 e. The van der Waals surface area contributed by atoms with Gasteiger partial charge in [-0.3, -0.25) is 4.79 Å². The second-order valence-corrected chi connectivity index (χ2v) is 7.39. The fraction of sp³-hybridized carbons (Fsp3) is 0.643. The lowest BCUT2D eigenvalue weighted by Gasteiger charge is -2.22. The second kappa shape index (κ2) is 6.36. The first-order valence-corrected chi connectivity index (χ1v) is 9.49. The van der Waals surface area contributed by atoms with E-state index >= 15 is 0 Å². The van der Waals surface area contributed by atoms with E-state index in [1.165, 1.54) is 35.1 Å². The van der Waals surface area contributed by atoms with Crippen LogP contribution in [0.15, 0.2) is 10.9 Å². The number of rotatable bonds is 3. The summed E-state index contributed by atoms with van der Waals surface area (Å²) in [6.07, 6.45) is 6.67. The Labute approximate surface area is 132 Å². The minimum Gasteiger partial charge on any atom is -0.346 e.